The van der Waals surface area contributed by atoms with Gasteiger partial charge in [0, 0.05) is 6.54 Å². The molecular formula is C12H12N2O2. The van der Waals surface area contributed by atoms with Gasteiger partial charge in [-0.15, -0.1) is 0 Å². The van der Waals surface area contributed by atoms with E-state index < -0.39 is 5.97 Å². The van der Waals surface area contributed by atoms with Crippen molar-refractivity contribution in [3.63, 3.8) is 0 Å². The Bertz CT molecular complexity index is 500. The molecule has 0 saturated heterocycles. The molecule has 4 heteroatoms. The summed E-state index contributed by atoms with van der Waals surface area (Å²) in [5.41, 5.74) is 2.27. The number of aromatic carboxylic acids is 1. The second kappa shape index (κ2) is 4.18. The lowest BCUT2D eigenvalue weighted by molar-refractivity contribution is 0.0697. The maximum atomic E-state index is 10.7. The van der Waals surface area contributed by atoms with Gasteiger partial charge in [0.2, 0.25) is 0 Å². The highest BCUT2D eigenvalue weighted by Gasteiger charge is 2.06. The average Bonchev–Trinajstić information content (AvgIpc) is 2.77. The van der Waals surface area contributed by atoms with Gasteiger partial charge in [-0.25, -0.2) is 9.78 Å². The van der Waals surface area contributed by atoms with Crippen LogP contribution in [0.1, 0.15) is 17.3 Å². The highest BCUT2D eigenvalue weighted by atomic mass is 16.4. The first kappa shape index (κ1) is 10.4. The molecule has 4 nitrogen and oxygen atoms in total. The van der Waals surface area contributed by atoms with Crippen LogP contribution >= 0.6 is 0 Å². The van der Waals surface area contributed by atoms with Crippen LogP contribution in [0.4, 0.5) is 0 Å². The molecule has 0 amide bonds. The number of hydrogen-bond donors (Lipinski definition) is 1. The van der Waals surface area contributed by atoms with E-state index in [-0.39, 0.29) is 0 Å². The summed E-state index contributed by atoms with van der Waals surface area (Å²) in [7, 11) is 0. The molecule has 1 heterocycles. The first-order valence-electron chi connectivity index (χ1n) is 5.06. The minimum atomic E-state index is -0.907. The number of imidazole rings is 1. The second-order valence-corrected chi connectivity index (χ2v) is 3.45. The van der Waals surface area contributed by atoms with Crippen LogP contribution in [-0.2, 0) is 6.54 Å². The highest BCUT2D eigenvalue weighted by molar-refractivity contribution is 5.88. The zero-order chi connectivity index (χ0) is 11.5. The third-order valence-electron chi connectivity index (χ3n) is 2.48. The Morgan fingerprint density at radius 2 is 2.06 bits per heavy atom. The molecular weight excluding hydrogens is 204 g/mol. The van der Waals surface area contributed by atoms with Crippen molar-refractivity contribution in [2.75, 3.05) is 0 Å². The molecule has 1 aromatic heterocycles. The summed E-state index contributed by atoms with van der Waals surface area (Å²) >= 11 is 0. The van der Waals surface area contributed by atoms with Gasteiger partial charge in [0.15, 0.2) is 0 Å². The van der Waals surface area contributed by atoms with Crippen LogP contribution in [0, 0.1) is 0 Å². The van der Waals surface area contributed by atoms with Crippen molar-refractivity contribution in [3.05, 3.63) is 42.4 Å². The molecule has 0 saturated carbocycles. The summed E-state index contributed by atoms with van der Waals surface area (Å²) in [5, 5.41) is 8.79. The van der Waals surface area contributed by atoms with E-state index in [4.69, 9.17) is 5.11 Å². The summed E-state index contributed by atoms with van der Waals surface area (Å²) in [6.45, 7) is 2.88. The van der Waals surface area contributed by atoms with Crippen molar-refractivity contribution in [2.45, 2.75) is 13.5 Å². The van der Waals surface area contributed by atoms with Crippen molar-refractivity contribution >= 4 is 5.97 Å². The van der Waals surface area contributed by atoms with Crippen LogP contribution in [-0.4, -0.2) is 20.6 Å². The number of carboxylic acid groups (broad SMARTS) is 1. The molecule has 0 aliphatic rings. The summed E-state index contributed by atoms with van der Waals surface area (Å²) in [4.78, 5) is 14.8. The minimum Gasteiger partial charge on any atom is -0.478 e. The molecule has 0 atom stereocenters. The first-order valence-corrected chi connectivity index (χ1v) is 5.06. The summed E-state index contributed by atoms with van der Waals surface area (Å²) in [6.07, 6.45) is 3.54. The van der Waals surface area contributed by atoms with Gasteiger partial charge in [0.1, 0.15) is 0 Å². The average molecular weight is 216 g/mol. The maximum absolute atomic E-state index is 10.7. The van der Waals surface area contributed by atoms with Crippen LogP contribution in [0.2, 0.25) is 0 Å². The van der Waals surface area contributed by atoms with Crippen molar-refractivity contribution in [1.29, 1.82) is 0 Å². The van der Waals surface area contributed by atoms with Gasteiger partial charge in [-0.1, -0.05) is 12.1 Å². The van der Waals surface area contributed by atoms with Crippen LogP contribution in [0.5, 0.6) is 0 Å². The van der Waals surface area contributed by atoms with Gasteiger partial charge in [-0.05, 0) is 24.6 Å². The fourth-order valence-electron chi connectivity index (χ4n) is 1.60. The molecule has 16 heavy (non-hydrogen) atoms. The molecule has 2 rings (SSSR count). The van der Waals surface area contributed by atoms with Crippen molar-refractivity contribution in [3.8, 4) is 11.3 Å². The largest absolute Gasteiger partial charge is 0.478 e. The standard InChI is InChI=1S/C12H12N2O2/c1-2-14-8-13-7-11(14)9-3-5-10(6-4-9)12(15)16/h3-8H,2H2,1H3,(H,15,16). The molecule has 0 bridgehead atoms. The zero-order valence-corrected chi connectivity index (χ0v) is 8.92. The molecule has 0 aliphatic carbocycles. The zero-order valence-electron chi connectivity index (χ0n) is 8.92. The number of nitrogens with zero attached hydrogens (tertiary/aromatic N) is 2. The Balaban J connectivity index is 2.38. The van der Waals surface area contributed by atoms with E-state index in [1.54, 1.807) is 36.8 Å². The SMILES string of the molecule is CCn1cncc1-c1ccc(C(=O)O)cc1. The van der Waals surface area contributed by atoms with Crippen molar-refractivity contribution in [1.82, 2.24) is 9.55 Å². The predicted octanol–water partition coefficient (Wildman–Crippen LogP) is 2.27. The highest BCUT2D eigenvalue weighted by Crippen LogP contribution is 2.19. The Kier molecular flexibility index (Phi) is 2.72. The molecule has 1 aromatic carbocycles. The number of carboxylic acids is 1. The monoisotopic (exact) mass is 216 g/mol. The van der Waals surface area contributed by atoms with Crippen LogP contribution < -0.4 is 0 Å². The maximum Gasteiger partial charge on any atom is 0.335 e. The lowest BCUT2D eigenvalue weighted by Gasteiger charge is -2.05. The number of aryl methyl sites for hydroxylation is 1. The van der Waals surface area contributed by atoms with Crippen molar-refractivity contribution in [2.24, 2.45) is 0 Å². The number of benzene rings is 1. The summed E-state index contributed by atoms with van der Waals surface area (Å²) in [6, 6.07) is 6.80. The van der Waals surface area contributed by atoms with E-state index >= 15 is 0 Å². The van der Waals surface area contributed by atoms with E-state index in [1.165, 1.54) is 0 Å². The predicted molar refractivity (Wildman–Crippen MR) is 60.3 cm³/mol. The Labute approximate surface area is 93.2 Å². The molecule has 0 aliphatic heterocycles. The van der Waals surface area contributed by atoms with E-state index in [0.717, 1.165) is 17.8 Å². The Morgan fingerprint density at radius 3 is 2.62 bits per heavy atom. The van der Waals surface area contributed by atoms with Crippen LogP contribution in [0.3, 0.4) is 0 Å². The smallest absolute Gasteiger partial charge is 0.335 e. The fourth-order valence-corrected chi connectivity index (χ4v) is 1.60. The van der Waals surface area contributed by atoms with Crippen molar-refractivity contribution < 1.29 is 9.90 Å². The third kappa shape index (κ3) is 1.82. The lowest BCUT2D eigenvalue weighted by Crippen LogP contribution is -1.97. The Morgan fingerprint density at radius 1 is 1.38 bits per heavy atom. The van der Waals surface area contributed by atoms with Gasteiger partial charge in [0.25, 0.3) is 0 Å². The number of rotatable bonds is 3. The number of aromatic nitrogens is 2. The summed E-state index contributed by atoms with van der Waals surface area (Å²) < 4.78 is 2.01. The van der Waals surface area contributed by atoms with E-state index in [2.05, 4.69) is 4.98 Å². The topological polar surface area (TPSA) is 55.1 Å². The molecule has 0 fully saturated rings. The van der Waals surface area contributed by atoms with Crippen LogP contribution in [0.25, 0.3) is 11.3 Å². The van der Waals surface area contributed by atoms with E-state index in [0.29, 0.717) is 5.56 Å². The first-order chi connectivity index (χ1) is 7.72. The molecule has 2 aromatic rings. The number of carbonyl (C=O) groups is 1. The second-order valence-electron chi connectivity index (χ2n) is 3.45. The molecule has 0 radical (unpaired) electrons. The fraction of sp³-hybridized carbons (Fsp3) is 0.167. The molecule has 82 valence electrons. The minimum absolute atomic E-state index is 0.298. The summed E-state index contributed by atoms with van der Waals surface area (Å²) in [5.74, 6) is -0.907. The number of hydrogen-bond acceptors (Lipinski definition) is 2. The third-order valence-corrected chi connectivity index (χ3v) is 2.48. The quantitative estimate of drug-likeness (QED) is 0.856. The van der Waals surface area contributed by atoms with Gasteiger partial charge in [0.05, 0.1) is 23.8 Å². The molecule has 0 unspecified atom stereocenters. The lowest BCUT2D eigenvalue weighted by atomic mass is 10.1. The van der Waals surface area contributed by atoms with Gasteiger partial charge < -0.3 is 9.67 Å². The van der Waals surface area contributed by atoms with E-state index in [1.807, 2.05) is 11.5 Å². The van der Waals surface area contributed by atoms with E-state index in [9.17, 15) is 4.79 Å². The molecule has 1 N–H and O–H groups in total. The van der Waals surface area contributed by atoms with Gasteiger partial charge in [-0.2, -0.15) is 0 Å². The van der Waals surface area contributed by atoms with Gasteiger partial charge >= 0.3 is 5.97 Å². The molecule has 0 spiro atoms. The van der Waals surface area contributed by atoms with Crippen LogP contribution in [0.15, 0.2) is 36.8 Å². The Hall–Kier alpha value is -2.10. The van der Waals surface area contributed by atoms with Gasteiger partial charge in [-0.3, -0.25) is 0 Å². The normalized spacial score (nSPS) is 10.3.